The van der Waals surface area contributed by atoms with Crippen LogP contribution in [0, 0.1) is 0 Å². The van der Waals surface area contributed by atoms with Crippen LogP contribution in [0.5, 0.6) is 5.75 Å². The van der Waals surface area contributed by atoms with E-state index in [1.54, 1.807) is 24.3 Å². The first-order chi connectivity index (χ1) is 15.1. The highest BCUT2D eigenvalue weighted by atomic mass is 35.5. The molecule has 1 aromatic heterocycles. The number of ether oxygens (including phenoxy) is 1. The van der Waals surface area contributed by atoms with Crippen LogP contribution in [0.1, 0.15) is 5.56 Å². The van der Waals surface area contributed by atoms with Crippen LogP contribution in [-0.4, -0.2) is 15.5 Å². The highest BCUT2D eigenvalue weighted by Crippen LogP contribution is 2.28. The third kappa shape index (κ3) is 4.90. The van der Waals surface area contributed by atoms with E-state index in [0.717, 1.165) is 16.6 Å². The number of imidazole rings is 1. The maximum Gasteiger partial charge on any atom is 0.573 e. The van der Waals surface area contributed by atoms with Gasteiger partial charge >= 0.3 is 6.36 Å². The molecule has 166 valence electrons. The second kappa shape index (κ2) is 8.73. The van der Waals surface area contributed by atoms with Crippen molar-refractivity contribution in [2.24, 2.45) is 12.0 Å². The Balaban J connectivity index is 1.85. The van der Waals surface area contributed by atoms with Gasteiger partial charge in [0.15, 0.2) is 0 Å². The Morgan fingerprint density at radius 1 is 0.875 bits per heavy atom. The van der Waals surface area contributed by atoms with Gasteiger partial charge in [-0.2, -0.15) is 0 Å². The number of hydrogen-bond donors (Lipinski definition) is 0. The number of nitrogens with zero attached hydrogens (tertiary/aromatic N) is 3. The van der Waals surface area contributed by atoms with Gasteiger partial charge in [0.1, 0.15) is 5.75 Å². The number of benzene rings is 3. The van der Waals surface area contributed by atoms with E-state index in [1.165, 1.54) is 24.3 Å². The lowest BCUT2D eigenvalue weighted by atomic mass is 10.2. The SMILES string of the molecule is Cn1c(=Nc2ccc(OC(F)(F)F)cc2)n(Cc2ccc(Cl)cc2)c2cc(Cl)c(Cl)cc21. The Morgan fingerprint density at radius 2 is 1.47 bits per heavy atom. The number of rotatable bonds is 4. The summed E-state index contributed by atoms with van der Waals surface area (Å²) in [5.74, 6) is -0.318. The predicted molar refractivity (Wildman–Crippen MR) is 120 cm³/mol. The van der Waals surface area contributed by atoms with Crippen molar-refractivity contribution in [1.29, 1.82) is 0 Å². The molecule has 1 heterocycles. The first-order valence-electron chi connectivity index (χ1n) is 9.30. The first kappa shape index (κ1) is 22.6. The highest BCUT2D eigenvalue weighted by Gasteiger charge is 2.30. The van der Waals surface area contributed by atoms with Gasteiger partial charge in [-0.05, 0) is 54.1 Å². The molecule has 0 fully saturated rings. The summed E-state index contributed by atoms with van der Waals surface area (Å²) >= 11 is 18.5. The summed E-state index contributed by atoms with van der Waals surface area (Å²) in [6.45, 7) is 0.459. The number of hydrogen-bond acceptors (Lipinski definition) is 2. The average molecular weight is 501 g/mol. The molecule has 0 saturated heterocycles. The topological polar surface area (TPSA) is 31.4 Å². The third-order valence-electron chi connectivity index (χ3n) is 4.76. The highest BCUT2D eigenvalue weighted by molar-refractivity contribution is 6.42. The summed E-state index contributed by atoms with van der Waals surface area (Å²) in [7, 11) is 1.82. The molecule has 4 aromatic rings. The van der Waals surface area contributed by atoms with Gasteiger partial charge in [-0.15, -0.1) is 13.2 Å². The van der Waals surface area contributed by atoms with E-state index >= 15 is 0 Å². The van der Waals surface area contributed by atoms with Crippen LogP contribution in [0.25, 0.3) is 11.0 Å². The van der Waals surface area contributed by atoms with Gasteiger partial charge < -0.3 is 13.9 Å². The average Bonchev–Trinajstić information content (AvgIpc) is 2.95. The summed E-state index contributed by atoms with van der Waals surface area (Å²) in [5.41, 5.74) is 3.57. The van der Waals surface area contributed by atoms with E-state index in [-0.39, 0.29) is 5.75 Å². The zero-order chi connectivity index (χ0) is 23.0. The van der Waals surface area contributed by atoms with Crippen LogP contribution in [0.3, 0.4) is 0 Å². The van der Waals surface area contributed by atoms with Crippen LogP contribution in [0.4, 0.5) is 18.9 Å². The number of aromatic nitrogens is 2. The van der Waals surface area contributed by atoms with E-state index in [4.69, 9.17) is 34.8 Å². The van der Waals surface area contributed by atoms with Crippen molar-refractivity contribution < 1.29 is 17.9 Å². The standard InChI is InChI=1S/C22H15Cl3F3N3O/c1-30-19-10-17(24)18(25)11-20(19)31(12-13-2-4-14(23)5-3-13)21(30)29-15-6-8-16(9-7-15)32-22(26,27)28/h2-11H,12H2,1H3. The molecule has 0 unspecified atom stereocenters. The minimum Gasteiger partial charge on any atom is -0.406 e. The van der Waals surface area contributed by atoms with Gasteiger partial charge in [0.25, 0.3) is 0 Å². The Hall–Kier alpha value is -2.61. The van der Waals surface area contributed by atoms with Gasteiger partial charge in [0.05, 0.1) is 33.3 Å². The monoisotopic (exact) mass is 499 g/mol. The lowest BCUT2D eigenvalue weighted by Gasteiger charge is -2.08. The van der Waals surface area contributed by atoms with Gasteiger partial charge in [0, 0.05) is 12.1 Å². The van der Waals surface area contributed by atoms with Gasteiger partial charge in [-0.3, -0.25) is 0 Å². The lowest BCUT2D eigenvalue weighted by molar-refractivity contribution is -0.274. The molecule has 0 radical (unpaired) electrons. The molecule has 0 bridgehead atoms. The molecule has 10 heteroatoms. The van der Waals surface area contributed by atoms with Crippen molar-refractivity contribution in [2.75, 3.05) is 0 Å². The molecule has 0 atom stereocenters. The molecule has 0 N–H and O–H groups in total. The smallest absolute Gasteiger partial charge is 0.406 e. The van der Waals surface area contributed by atoms with E-state index in [0.29, 0.717) is 32.9 Å². The number of halogens is 6. The third-order valence-corrected chi connectivity index (χ3v) is 5.74. The fourth-order valence-corrected chi connectivity index (χ4v) is 3.75. The van der Waals surface area contributed by atoms with Gasteiger partial charge in [0.2, 0.25) is 5.62 Å². The molecule has 0 amide bonds. The molecule has 32 heavy (non-hydrogen) atoms. The van der Waals surface area contributed by atoms with Crippen molar-refractivity contribution in [3.8, 4) is 5.75 Å². The molecular weight excluding hydrogens is 486 g/mol. The van der Waals surface area contributed by atoms with Crippen molar-refractivity contribution in [2.45, 2.75) is 12.9 Å². The number of fused-ring (bicyclic) bond motifs is 1. The molecular formula is C22H15Cl3F3N3O. The molecule has 4 rings (SSSR count). The van der Waals surface area contributed by atoms with E-state index in [2.05, 4.69) is 9.73 Å². The van der Waals surface area contributed by atoms with Gasteiger partial charge in [-0.1, -0.05) is 46.9 Å². The Bertz CT molecular complexity index is 1340. The second-order valence-corrected chi connectivity index (χ2v) is 8.23. The minimum absolute atomic E-state index is 0.318. The van der Waals surface area contributed by atoms with E-state index in [1.807, 2.05) is 28.3 Å². The molecule has 3 aromatic carbocycles. The zero-order valence-electron chi connectivity index (χ0n) is 16.5. The zero-order valence-corrected chi connectivity index (χ0v) is 18.8. The fraction of sp³-hybridized carbons (Fsp3) is 0.136. The second-order valence-electron chi connectivity index (χ2n) is 6.98. The van der Waals surface area contributed by atoms with E-state index < -0.39 is 6.36 Å². The van der Waals surface area contributed by atoms with Crippen LogP contribution in [-0.2, 0) is 13.6 Å². The number of alkyl halides is 3. The summed E-state index contributed by atoms with van der Waals surface area (Å²) in [5, 5.41) is 1.42. The maximum atomic E-state index is 12.4. The summed E-state index contributed by atoms with van der Waals surface area (Å²) < 4.78 is 45.0. The minimum atomic E-state index is -4.76. The Kier molecular flexibility index (Phi) is 6.16. The molecule has 0 aliphatic rings. The van der Waals surface area contributed by atoms with Gasteiger partial charge in [-0.25, -0.2) is 4.99 Å². The molecule has 0 aliphatic heterocycles. The lowest BCUT2D eigenvalue weighted by Crippen LogP contribution is -2.24. The van der Waals surface area contributed by atoms with Crippen LogP contribution < -0.4 is 10.4 Å². The Labute approximate surface area is 196 Å². The maximum absolute atomic E-state index is 12.4. The number of aryl methyl sites for hydroxylation is 1. The molecule has 0 aliphatic carbocycles. The van der Waals surface area contributed by atoms with Crippen LogP contribution in [0.15, 0.2) is 65.7 Å². The molecule has 0 saturated carbocycles. The normalized spacial score (nSPS) is 12.5. The predicted octanol–water partition coefficient (Wildman–Crippen LogP) is 7.12. The van der Waals surface area contributed by atoms with Crippen LogP contribution >= 0.6 is 34.8 Å². The van der Waals surface area contributed by atoms with E-state index in [9.17, 15) is 13.2 Å². The summed E-state index contributed by atoms with van der Waals surface area (Å²) in [4.78, 5) is 4.67. The van der Waals surface area contributed by atoms with Crippen molar-refractivity contribution in [1.82, 2.24) is 9.13 Å². The Morgan fingerprint density at radius 3 is 2.06 bits per heavy atom. The fourth-order valence-electron chi connectivity index (χ4n) is 3.31. The van der Waals surface area contributed by atoms with Crippen LogP contribution in [0.2, 0.25) is 15.1 Å². The van der Waals surface area contributed by atoms with Crippen molar-refractivity contribution in [3.05, 3.63) is 86.9 Å². The largest absolute Gasteiger partial charge is 0.573 e. The summed E-state index contributed by atoms with van der Waals surface area (Å²) in [6.07, 6.45) is -4.76. The molecule has 4 nitrogen and oxygen atoms in total. The first-order valence-corrected chi connectivity index (χ1v) is 10.4. The van der Waals surface area contributed by atoms with Crippen molar-refractivity contribution in [3.63, 3.8) is 0 Å². The molecule has 0 spiro atoms. The van der Waals surface area contributed by atoms with Crippen molar-refractivity contribution >= 4 is 51.5 Å². The summed E-state index contributed by atoms with van der Waals surface area (Å²) in [6, 6.07) is 16.2. The quantitative estimate of drug-likeness (QED) is 0.293.